The second-order valence-electron chi connectivity index (χ2n) is 7.59. The Morgan fingerprint density at radius 1 is 0.727 bits per heavy atom. The first kappa shape index (κ1) is 16.8. The van der Waals surface area contributed by atoms with E-state index in [-0.39, 0.29) is 5.41 Å². The normalized spacial score (nSPS) is 14.8. The maximum atomic E-state index is 2.42. The zero-order valence-electron chi connectivity index (χ0n) is 14.7. The minimum Gasteiger partial charge on any atom is -0.0622 e. The summed E-state index contributed by atoms with van der Waals surface area (Å²) in [6.45, 7) is 11.9. The van der Waals surface area contributed by atoms with Gasteiger partial charge >= 0.3 is 0 Å². The molecule has 2 rings (SSSR count). The summed E-state index contributed by atoms with van der Waals surface area (Å²) in [4.78, 5) is 0. The molecule has 0 saturated carbocycles. The van der Waals surface area contributed by atoms with Crippen LogP contribution in [0, 0.1) is 11.3 Å². The summed E-state index contributed by atoms with van der Waals surface area (Å²) in [5, 5.41) is 0. The fraction of sp³-hybridized carbons (Fsp3) is 0.455. The van der Waals surface area contributed by atoms with Gasteiger partial charge in [0.05, 0.1) is 0 Å². The zero-order valence-corrected chi connectivity index (χ0v) is 14.7. The van der Waals surface area contributed by atoms with Crippen LogP contribution in [0.1, 0.15) is 64.0 Å². The lowest BCUT2D eigenvalue weighted by Gasteiger charge is -2.37. The molecule has 2 atom stereocenters. The highest BCUT2D eigenvalue weighted by Crippen LogP contribution is 2.44. The summed E-state index contributed by atoms with van der Waals surface area (Å²) in [6.07, 6.45) is 1.21. The predicted molar refractivity (Wildman–Crippen MR) is 97.3 cm³/mol. The quantitative estimate of drug-likeness (QED) is 0.559. The van der Waals surface area contributed by atoms with Gasteiger partial charge in [0.15, 0.2) is 0 Å². The molecule has 0 saturated heterocycles. The Hall–Kier alpha value is -1.56. The van der Waals surface area contributed by atoms with Gasteiger partial charge in [0.1, 0.15) is 0 Å². The van der Waals surface area contributed by atoms with E-state index in [1.165, 1.54) is 17.5 Å². The summed E-state index contributed by atoms with van der Waals surface area (Å²) in [5.74, 6) is 1.82. The second-order valence-corrected chi connectivity index (χ2v) is 7.59. The molecule has 0 N–H and O–H groups in total. The SMILES string of the molecule is CC(C)C(CC(C)(C)C(C)c1ccccc1)c1ccccc1. The zero-order chi connectivity index (χ0) is 16.2. The maximum absolute atomic E-state index is 2.42. The third-order valence-electron chi connectivity index (χ3n) is 5.25. The lowest BCUT2D eigenvalue weighted by Crippen LogP contribution is -2.25. The third-order valence-corrected chi connectivity index (χ3v) is 5.25. The van der Waals surface area contributed by atoms with Gasteiger partial charge in [-0.3, -0.25) is 0 Å². The van der Waals surface area contributed by atoms with E-state index in [2.05, 4.69) is 95.3 Å². The Bertz CT molecular complexity index is 551. The smallest absolute Gasteiger partial charge is 0.0134 e. The van der Waals surface area contributed by atoms with Crippen LogP contribution in [0.15, 0.2) is 60.7 Å². The van der Waals surface area contributed by atoms with Gasteiger partial charge in [-0.2, -0.15) is 0 Å². The van der Waals surface area contributed by atoms with Gasteiger partial charge in [-0.15, -0.1) is 0 Å². The van der Waals surface area contributed by atoms with Gasteiger partial charge in [-0.05, 0) is 40.7 Å². The van der Waals surface area contributed by atoms with Crippen LogP contribution in [0.25, 0.3) is 0 Å². The fourth-order valence-corrected chi connectivity index (χ4v) is 3.38. The number of hydrogen-bond acceptors (Lipinski definition) is 0. The molecule has 0 amide bonds. The summed E-state index contributed by atoms with van der Waals surface area (Å²) < 4.78 is 0. The first-order valence-electron chi connectivity index (χ1n) is 8.51. The molecule has 0 bridgehead atoms. The predicted octanol–water partition coefficient (Wildman–Crippen LogP) is 6.65. The summed E-state index contributed by atoms with van der Waals surface area (Å²) in [5.41, 5.74) is 3.19. The molecule has 0 aliphatic heterocycles. The monoisotopic (exact) mass is 294 g/mol. The van der Waals surface area contributed by atoms with Gasteiger partial charge < -0.3 is 0 Å². The minimum absolute atomic E-state index is 0.270. The van der Waals surface area contributed by atoms with E-state index in [0.29, 0.717) is 17.8 Å². The minimum atomic E-state index is 0.270. The number of rotatable bonds is 6. The lowest BCUT2D eigenvalue weighted by molar-refractivity contribution is 0.231. The average molecular weight is 294 g/mol. The topological polar surface area (TPSA) is 0 Å². The Labute approximate surface area is 136 Å². The molecule has 0 spiro atoms. The Kier molecular flexibility index (Phi) is 5.45. The van der Waals surface area contributed by atoms with Crippen molar-refractivity contribution in [1.29, 1.82) is 0 Å². The molecule has 2 unspecified atom stereocenters. The molecule has 0 aliphatic rings. The molecule has 22 heavy (non-hydrogen) atoms. The van der Waals surface area contributed by atoms with E-state index >= 15 is 0 Å². The van der Waals surface area contributed by atoms with Crippen molar-refractivity contribution in [3.63, 3.8) is 0 Å². The van der Waals surface area contributed by atoms with Gasteiger partial charge in [0.2, 0.25) is 0 Å². The van der Waals surface area contributed by atoms with Crippen LogP contribution in [0.3, 0.4) is 0 Å². The molecular weight excluding hydrogens is 264 g/mol. The van der Waals surface area contributed by atoms with E-state index in [0.717, 1.165) is 0 Å². The van der Waals surface area contributed by atoms with Crippen LogP contribution in [-0.4, -0.2) is 0 Å². The first-order chi connectivity index (χ1) is 10.4. The molecule has 0 fully saturated rings. The van der Waals surface area contributed by atoms with Crippen LogP contribution in [0.4, 0.5) is 0 Å². The molecule has 0 aliphatic carbocycles. The van der Waals surface area contributed by atoms with Gasteiger partial charge in [0.25, 0.3) is 0 Å². The van der Waals surface area contributed by atoms with E-state index in [1.54, 1.807) is 0 Å². The molecular formula is C22H30. The van der Waals surface area contributed by atoms with E-state index in [9.17, 15) is 0 Å². The second kappa shape index (κ2) is 7.13. The standard InChI is InChI=1S/C22H30/c1-17(2)21(20-14-10-7-11-15-20)16-22(4,5)18(3)19-12-8-6-9-13-19/h6-15,17-18,21H,16H2,1-5H3. The molecule has 0 heteroatoms. The summed E-state index contributed by atoms with van der Waals surface area (Å²) in [7, 11) is 0. The van der Waals surface area contributed by atoms with Crippen molar-refractivity contribution in [1.82, 2.24) is 0 Å². The molecule has 0 aromatic heterocycles. The molecule has 0 radical (unpaired) electrons. The summed E-state index contributed by atoms with van der Waals surface area (Å²) >= 11 is 0. The Balaban J connectivity index is 2.21. The summed E-state index contributed by atoms with van der Waals surface area (Å²) in [6, 6.07) is 21.9. The van der Waals surface area contributed by atoms with Gasteiger partial charge in [-0.25, -0.2) is 0 Å². The Morgan fingerprint density at radius 3 is 1.64 bits per heavy atom. The van der Waals surface area contributed by atoms with E-state index in [1.807, 2.05) is 0 Å². The Morgan fingerprint density at radius 2 is 1.18 bits per heavy atom. The number of hydrogen-bond donors (Lipinski definition) is 0. The third kappa shape index (κ3) is 4.00. The van der Waals surface area contributed by atoms with Crippen molar-refractivity contribution in [3.05, 3.63) is 71.8 Å². The van der Waals surface area contributed by atoms with Crippen molar-refractivity contribution >= 4 is 0 Å². The van der Waals surface area contributed by atoms with Crippen molar-refractivity contribution in [2.24, 2.45) is 11.3 Å². The maximum Gasteiger partial charge on any atom is -0.0134 e. The van der Waals surface area contributed by atoms with E-state index < -0.39 is 0 Å². The van der Waals surface area contributed by atoms with Crippen molar-refractivity contribution in [3.8, 4) is 0 Å². The fourth-order valence-electron chi connectivity index (χ4n) is 3.38. The molecule has 0 nitrogen and oxygen atoms in total. The highest BCUT2D eigenvalue weighted by Gasteiger charge is 2.31. The van der Waals surface area contributed by atoms with Crippen molar-refractivity contribution in [2.75, 3.05) is 0 Å². The van der Waals surface area contributed by atoms with Crippen molar-refractivity contribution < 1.29 is 0 Å². The van der Waals surface area contributed by atoms with Crippen LogP contribution in [-0.2, 0) is 0 Å². The molecule has 2 aromatic carbocycles. The van der Waals surface area contributed by atoms with Crippen LogP contribution in [0.5, 0.6) is 0 Å². The molecule has 0 heterocycles. The van der Waals surface area contributed by atoms with E-state index in [4.69, 9.17) is 0 Å². The first-order valence-corrected chi connectivity index (χ1v) is 8.51. The lowest BCUT2D eigenvalue weighted by atomic mass is 9.67. The largest absolute Gasteiger partial charge is 0.0622 e. The highest BCUT2D eigenvalue weighted by molar-refractivity contribution is 5.23. The molecule has 2 aromatic rings. The van der Waals surface area contributed by atoms with Gasteiger partial charge in [0, 0.05) is 0 Å². The van der Waals surface area contributed by atoms with Gasteiger partial charge in [-0.1, -0.05) is 95.3 Å². The van der Waals surface area contributed by atoms with Crippen molar-refractivity contribution in [2.45, 2.75) is 52.9 Å². The van der Waals surface area contributed by atoms with Crippen LogP contribution in [0.2, 0.25) is 0 Å². The molecule has 118 valence electrons. The van der Waals surface area contributed by atoms with Crippen LogP contribution < -0.4 is 0 Å². The number of benzene rings is 2. The average Bonchev–Trinajstić information content (AvgIpc) is 2.53. The highest BCUT2D eigenvalue weighted by atomic mass is 14.4. The van der Waals surface area contributed by atoms with Crippen LogP contribution >= 0.6 is 0 Å².